The lowest BCUT2D eigenvalue weighted by atomic mass is 10.0. The van der Waals surface area contributed by atoms with Gasteiger partial charge in [-0.3, -0.25) is 4.79 Å². The van der Waals surface area contributed by atoms with Crippen LogP contribution in [0, 0.1) is 0 Å². The van der Waals surface area contributed by atoms with Gasteiger partial charge in [-0.1, -0.05) is 45.0 Å². The van der Waals surface area contributed by atoms with Gasteiger partial charge in [0.25, 0.3) is 0 Å². The summed E-state index contributed by atoms with van der Waals surface area (Å²) < 4.78 is 10.4. The van der Waals surface area contributed by atoms with E-state index in [2.05, 4.69) is 18.8 Å². The van der Waals surface area contributed by atoms with Crippen molar-refractivity contribution in [3.05, 3.63) is 70.9 Å². The number of esters is 2. The molecular formula is C22H21NO4. The Morgan fingerprint density at radius 3 is 2.37 bits per heavy atom. The number of nitrogens with zero attached hydrogens (tertiary/aromatic N) is 1. The number of ether oxygens (including phenoxy) is 2. The molecule has 0 aromatic heterocycles. The number of hydrogen-bond donors (Lipinski definition) is 0. The Balaban J connectivity index is 1.78. The second kappa shape index (κ2) is 7.99. The van der Waals surface area contributed by atoms with E-state index in [1.165, 1.54) is 5.56 Å². The molecule has 0 atom stereocenters. The van der Waals surface area contributed by atoms with Gasteiger partial charge in [-0.2, -0.15) is 0 Å². The van der Waals surface area contributed by atoms with E-state index in [1.54, 1.807) is 37.3 Å². The van der Waals surface area contributed by atoms with Crippen LogP contribution in [0.25, 0.3) is 6.08 Å². The molecule has 1 heterocycles. The first-order chi connectivity index (χ1) is 13.0. The molecule has 2 aromatic carbocycles. The Kier molecular flexibility index (Phi) is 5.50. The van der Waals surface area contributed by atoms with Crippen LogP contribution in [-0.4, -0.2) is 17.8 Å². The second-order valence-corrected chi connectivity index (χ2v) is 6.51. The third-order valence-electron chi connectivity index (χ3n) is 4.15. The van der Waals surface area contributed by atoms with Crippen LogP contribution in [0.5, 0.6) is 5.75 Å². The first kappa shape index (κ1) is 18.6. The molecule has 2 aromatic rings. The van der Waals surface area contributed by atoms with E-state index >= 15 is 0 Å². The summed E-state index contributed by atoms with van der Waals surface area (Å²) in [4.78, 5) is 27.7. The smallest absolute Gasteiger partial charge is 0.363 e. The number of benzene rings is 2. The Bertz CT molecular complexity index is 906. The maximum absolute atomic E-state index is 12.1. The molecule has 0 fully saturated rings. The van der Waals surface area contributed by atoms with Crippen molar-refractivity contribution in [2.45, 2.75) is 33.1 Å². The fourth-order valence-corrected chi connectivity index (χ4v) is 2.54. The minimum Gasteiger partial charge on any atom is -0.427 e. The lowest BCUT2D eigenvalue weighted by Gasteiger charge is -2.05. The number of cyclic esters (lactones) is 1. The van der Waals surface area contributed by atoms with Crippen LogP contribution in [0.2, 0.25) is 0 Å². The van der Waals surface area contributed by atoms with E-state index in [0.29, 0.717) is 24.0 Å². The van der Waals surface area contributed by atoms with Crippen LogP contribution in [0.3, 0.4) is 0 Å². The van der Waals surface area contributed by atoms with E-state index in [4.69, 9.17) is 9.47 Å². The predicted molar refractivity (Wildman–Crippen MR) is 104 cm³/mol. The molecule has 0 aliphatic carbocycles. The Morgan fingerprint density at radius 2 is 1.78 bits per heavy atom. The Hall–Kier alpha value is -3.21. The third kappa shape index (κ3) is 4.50. The Morgan fingerprint density at radius 1 is 1.11 bits per heavy atom. The van der Waals surface area contributed by atoms with Crippen molar-refractivity contribution >= 4 is 23.9 Å². The standard InChI is InChI=1S/C22H21NO4/c1-4-20(24)26-18-11-5-15(6-12-18)13-19-22(25)27-21(23-19)17-9-7-16(8-10-17)14(2)3/h5-14H,4H2,1-3H3/b19-13-. The number of rotatable bonds is 5. The molecule has 0 spiro atoms. The Labute approximate surface area is 158 Å². The molecule has 0 saturated carbocycles. The summed E-state index contributed by atoms with van der Waals surface area (Å²) in [5, 5.41) is 0. The summed E-state index contributed by atoms with van der Waals surface area (Å²) in [5.74, 6) is 0.419. The van der Waals surface area contributed by atoms with Crippen LogP contribution in [0.4, 0.5) is 0 Å². The van der Waals surface area contributed by atoms with Crippen molar-refractivity contribution in [3.63, 3.8) is 0 Å². The lowest BCUT2D eigenvalue weighted by molar-refractivity contribution is -0.134. The zero-order valence-corrected chi connectivity index (χ0v) is 15.6. The molecule has 138 valence electrons. The number of carbonyl (C=O) groups excluding carboxylic acids is 2. The molecule has 1 aliphatic heterocycles. The number of aliphatic imine (C=N–C) groups is 1. The highest BCUT2D eigenvalue weighted by Crippen LogP contribution is 2.22. The first-order valence-corrected chi connectivity index (χ1v) is 8.90. The van der Waals surface area contributed by atoms with E-state index in [-0.39, 0.29) is 11.7 Å². The molecule has 3 rings (SSSR count). The summed E-state index contributed by atoms with van der Waals surface area (Å²) in [6.07, 6.45) is 1.95. The third-order valence-corrected chi connectivity index (χ3v) is 4.15. The maximum Gasteiger partial charge on any atom is 0.363 e. The van der Waals surface area contributed by atoms with Crippen LogP contribution >= 0.6 is 0 Å². The molecule has 0 radical (unpaired) electrons. The second-order valence-electron chi connectivity index (χ2n) is 6.51. The summed E-state index contributed by atoms with van der Waals surface area (Å²) in [7, 11) is 0. The van der Waals surface area contributed by atoms with Gasteiger partial charge in [-0.15, -0.1) is 0 Å². The van der Waals surface area contributed by atoms with Gasteiger partial charge in [0, 0.05) is 12.0 Å². The van der Waals surface area contributed by atoms with Crippen molar-refractivity contribution in [2.24, 2.45) is 4.99 Å². The van der Waals surface area contributed by atoms with E-state index < -0.39 is 5.97 Å². The van der Waals surface area contributed by atoms with Crippen LogP contribution < -0.4 is 4.74 Å². The molecule has 0 saturated heterocycles. The molecular weight excluding hydrogens is 342 g/mol. The molecule has 5 nitrogen and oxygen atoms in total. The normalized spacial score (nSPS) is 15.0. The van der Waals surface area contributed by atoms with Gasteiger partial charge < -0.3 is 9.47 Å². The minimum absolute atomic E-state index is 0.233. The molecule has 0 unspecified atom stereocenters. The van der Waals surface area contributed by atoms with Crippen LogP contribution in [0.15, 0.2) is 59.2 Å². The summed E-state index contributed by atoms with van der Waals surface area (Å²) in [5.41, 5.74) is 2.97. The molecule has 0 bridgehead atoms. The monoisotopic (exact) mass is 363 g/mol. The SMILES string of the molecule is CCC(=O)Oc1ccc(/C=C2\N=C(c3ccc(C(C)C)cc3)OC2=O)cc1. The van der Waals surface area contributed by atoms with Crippen molar-refractivity contribution in [2.75, 3.05) is 0 Å². The minimum atomic E-state index is -0.487. The molecule has 0 amide bonds. The zero-order chi connectivity index (χ0) is 19.4. The highest BCUT2D eigenvalue weighted by molar-refractivity contribution is 6.12. The van der Waals surface area contributed by atoms with Gasteiger partial charge in [0.15, 0.2) is 5.70 Å². The quantitative estimate of drug-likeness (QED) is 0.447. The molecule has 0 N–H and O–H groups in total. The van der Waals surface area contributed by atoms with Crippen LogP contribution in [-0.2, 0) is 14.3 Å². The highest BCUT2D eigenvalue weighted by atomic mass is 16.6. The number of carbonyl (C=O) groups is 2. The summed E-state index contributed by atoms with van der Waals surface area (Å²) >= 11 is 0. The highest BCUT2D eigenvalue weighted by Gasteiger charge is 2.24. The number of hydrogen-bond acceptors (Lipinski definition) is 5. The van der Waals surface area contributed by atoms with Crippen molar-refractivity contribution in [1.82, 2.24) is 0 Å². The molecule has 1 aliphatic rings. The summed E-state index contributed by atoms with van der Waals surface area (Å²) in [6, 6.07) is 14.7. The largest absolute Gasteiger partial charge is 0.427 e. The van der Waals surface area contributed by atoms with E-state index in [0.717, 1.165) is 11.1 Å². The van der Waals surface area contributed by atoms with Crippen molar-refractivity contribution in [3.8, 4) is 5.75 Å². The van der Waals surface area contributed by atoms with E-state index in [9.17, 15) is 9.59 Å². The van der Waals surface area contributed by atoms with Crippen molar-refractivity contribution in [1.29, 1.82) is 0 Å². The zero-order valence-electron chi connectivity index (χ0n) is 15.6. The van der Waals surface area contributed by atoms with Gasteiger partial charge in [0.1, 0.15) is 5.75 Å². The molecule has 27 heavy (non-hydrogen) atoms. The first-order valence-electron chi connectivity index (χ1n) is 8.90. The average molecular weight is 363 g/mol. The van der Waals surface area contributed by atoms with Gasteiger partial charge in [0.2, 0.25) is 5.90 Å². The van der Waals surface area contributed by atoms with Gasteiger partial charge in [-0.25, -0.2) is 9.79 Å². The summed E-state index contributed by atoms with van der Waals surface area (Å²) in [6.45, 7) is 5.98. The molecule has 5 heteroatoms. The van der Waals surface area contributed by atoms with E-state index in [1.807, 2.05) is 24.3 Å². The topological polar surface area (TPSA) is 65.0 Å². The average Bonchev–Trinajstić information content (AvgIpc) is 3.03. The van der Waals surface area contributed by atoms with Crippen LogP contribution in [0.1, 0.15) is 49.8 Å². The van der Waals surface area contributed by atoms with Crippen molar-refractivity contribution < 1.29 is 19.1 Å². The fraction of sp³-hybridized carbons (Fsp3) is 0.227. The lowest BCUT2D eigenvalue weighted by Crippen LogP contribution is -2.05. The predicted octanol–water partition coefficient (Wildman–Crippen LogP) is 4.47. The van der Waals surface area contributed by atoms with Gasteiger partial charge in [0.05, 0.1) is 0 Å². The van der Waals surface area contributed by atoms with Gasteiger partial charge >= 0.3 is 11.9 Å². The van der Waals surface area contributed by atoms with Gasteiger partial charge in [-0.05, 0) is 47.4 Å². The fourth-order valence-electron chi connectivity index (χ4n) is 2.54. The maximum atomic E-state index is 12.1.